The van der Waals surface area contributed by atoms with Gasteiger partial charge >= 0.3 is 0 Å². The summed E-state index contributed by atoms with van der Waals surface area (Å²) < 4.78 is 0. The highest BCUT2D eigenvalue weighted by atomic mass is 16.3. The predicted molar refractivity (Wildman–Crippen MR) is 73.7 cm³/mol. The lowest BCUT2D eigenvalue weighted by atomic mass is 10.0. The molecule has 0 saturated heterocycles. The van der Waals surface area contributed by atoms with E-state index in [1.807, 2.05) is 18.3 Å². The Morgan fingerprint density at radius 3 is 3.06 bits per heavy atom. The number of H-pyrrole nitrogens is 1. The molecule has 3 rings (SSSR count). The minimum absolute atomic E-state index is 0.273. The van der Waals surface area contributed by atoms with Crippen LogP contribution in [0, 0.1) is 0 Å². The number of aromatic nitrogens is 1. The normalized spacial score (nSPS) is 18.1. The third kappa shape index (κ3) is 1.99. The number of aromatic hydroxyl groups is 1. The zero-order valence-electron chi connectivity index (χ0n) is 10.3. The van der Waals surface area contributed by atoms with Gasteiger partial charge < -0.3 is 15.4 Å². The van der Waals surface area contributed by atoms with Gasteiger partial charge in [-0.1, -0.05) is 12.1 Å². The Labute approximate surface area is 105 Å². The van der Waals surface area contributed by atoms with Gasteiger partial charge in [0.2, 0.25) is 0 Å². The molecule has 3 nitrogen and oxygen atoms in total. The number of phenols is 1. The van der Waals surface area contributed by atoms with Gasteiger partial charge in [0.05, 0.1) is 0 Å². The first-order chi connectivity index (χ1) is 8.72. The molecule has 1 unspecified atom stereocenters. The molecule has 1 atom stereocenters. The molecule has 18 heavy (non-hydrogen) atoms. The van der Waals surface area contributed by atoms with Crippen molar-refractivity contribution in [2.75, 3.05) is 5.32 Å². The average molecular weight is 240 g/mol. The standard InChI is InChI=1S/C15H16N2O/c1-10-7-13(8-11-5-6-16-15(10)11)17-12-3-2-4-14(18)9-12/h2-6,8-9,13,16-18H,7H2,1H3. The number of aromatic amines is 1. The van der Waals surface area contributed by atoms with Crippen LogP contribution in [-0.4, -0.2) is 16.1 Å². The maximum atomic E-state index is 9.46. The van der Waals surface area contributed by atoms with Gasteiger partial charge in [-0.3, -0.25) is 0 Å². The molecule has 2 aromatic rings. The molecule has 0 saturated carbocycles. The Bertz CT molecular complexity index is 685. The second-order valence-electron chi connectivity index (χ2n) is 4.76. The summed E-state index contributed by atoms with van der Waals surface area (Å²) in [6, 6.07) is 9.60. The van der Waals surface area contributed by atoms with E-state index in [0.29, 0.717) is 5.75 Å². The molecule has 1 aromatic carbocycles. The van der Waals surface area contributed by atoms with E-state index in [0.717, 1.165) is 12.1 Å². The van der Waals surface area contributed by atoms with E-state index < -0.39 is 0 Å². The summed E-state index contributed by atoms with van der Waals surface area (Å²) in [6.45, 7) is 2.15. The molecular weight excluding hydrogens is 224 g/mol. The number of rotatable bonds is 2. The van der Waals surface area contributed by atoms with Crippen molar-refractivity contribution in [3.8, 4) is 5.75 Å². The Kier molecular flexibility index (Phi) is 2.59. The summed E-state index contributed by atoms with van der Waals surface area (Å²) in [5.74, 6) is 0.291. The third-order valence-corrected chi connectivity index (χ3v) is 3.31. The fraction of sp³-hybridized carbons (Fsp3) is 0.200. The van der Waals surface area contributed by atoms with Crippen LogP contribution < -0.4 is 15.9 Å². The summed E-state index contributed by atoms with van der Waals surface area (Å²) >= 11 is 0. The Balaban J connectivity index is 1.89. The fourth-order valence-corrected chi connectivity index (χ4v) is 2.50. The average Bonchev–Trinajstić information content (AvgIpc) is 2.77. The summed E-state index contributed by atoms with van der Waals surface area (Å²) in [7, 11) is 0. The number of phenolic OH excluding ortho intramolecular Hbond substituents is 1. The van der Waals surface area contributed by atoms with Crippen LogP contribution in [0.15, 0.2) is 36.5 Å². The quantitative estimate of drug-likeness (QED) is 0.746. The highest BCUT2D eigenvalue weighted by molar-refractivity contribution is 5.58. The van der Waals surface area contributed by atoms with Crippen LogP contribution in [0.25, 0.3) is 11.6 Å². The molecule has 92 valence electrons. The zero-order valence-corrected chi connectivity index (χ0v) is 10.3. The second kappa shape index (κ2) is 4.26. The first-order valence-electron chi connectivity index (χ1n) is 6.13. The number of fused-ring (bicyclic) bond motifs is 1. The number of benzene rings is 1. The summed E-state index contributed by atoms with van der Waals surface area (Å²) in [5.41, 5.74) is 2.30. The molecular formula is C15H16N2O. The van der Waals surface area contributed by atoms with Gasteiger partial charge in [-0.05, 0) is 42.3 Å². The van der Waals surface area contributed by atoms with Crippen LogP contribution in [0.4, 0.5) is 5.69 Å². The smallest absolute Gasteiger partial charge is 0.117 e. The Morgan fingerprint density at radius 2 is 2.22 bits per heavy atom. The minimum Gasteiger partial charge on any atom is -0.508 e. The van der Waals surface area contributed by atoms with Crippen molar-refractivity contribution in [2.45, 2.75) is 19.4 Å². The van der Waals surface area contributed by atoms with E-state index in [4.69, 9.17) is 0 Å². The first-order valence-corrected chi connectivity index (χ1v) is 6.13. The largest absolute Gasteiger partial charge is 0.508 e. The van der Waals surface area contributed by atoms with E-state index in [-0.39, 0.29) is 6.04 Å². The molecule has 0 bridgehead atoms. The maximum Gasteiger partial charge on any atom is 0.117 e. The van der Waals surface area contributed by atoms with Crippen molar-refractivity contribution < 1.29 is 5.11 Å². The third-order valence-electron chi connectivity index (χ3n) is 3.31. The molecule has 1 heterocycles. The molecule has 0 amide bonds. The molecule has 0 radical (unpaired) electrons. The molecule has 0 fully saturated rings. The molecule has 3 heteroatoms. The highest BCUT2D eigenvalue weighted by Gasteiger charge is 2.12. The first kappa shape index (κ1) is 11.0. The fourth-order valence-electron chi connectivity index (χ4n) is 2.50. The number of nitrogens with one attached hydrogen (secondary N) is 2. The number of hydrogen-bond donors (Lipinski definition) is 3. The van der Waals surface area contributed by atoms with Gasteiger partial charge in [0.1, 0.15) is 5.75 Å². The van der Waals surface area contributed by atoms with Gasteiger partial charge in [0.15, 0.2) is 0 Å². The highest BCUT2D eigenvalue weighted by Crippen LogP contribution is 2.19. The lowest BCUT2D eigenvalue weighted by molar-refractivity contribution is 0.475. The van der Waals surface area contributed by atoms with Gasteiger partial charge in [0.25, 0.3) is 0 Å². The second-order valence-corrected chi connectivity index (χ2v) is 4.76. The van der Waals surface area contributed by atoms with E-state index in [1.54, 1.807) is 12.1 Å². The van der Waals surface area contributed by atoms with E-state index in [2.05, 4.69) is 29.4 Å². The van der Waals surface area contributed by atoms with Crippen molar-refractivity contribution in [3.63, 3.8) is 0 Å². The van der Waals surface area contributed by atoms with Crippen LogP contribution in [0.5, 0.6) is 5.75 Å². The van der Waals surface area contributed by atoms with E-state index in [1.165, 1.54) is 16.1 Å². The molecule has 0 spiro atoms. The number of anilines is 1. The summed E-state index contributed by atoms with van der Waals surface area (Å²) in [4.78, 5) is 3.26. The molecule has 1 aromatic heterocycles. The van der Waals surface area contributed by atoms with Crippen LogP contribution >= 0.6 is 0 Å². The zero-order chi connectivity index (χ0) is 12.5. The molecule has 3 N–H and O–H groups in total. The molecule has 1 aliphatic carbocycles. The lowest BCUT2D eigenvalue weighted by Crippen LogP contribution is -2.34. The number of hydrogen-bond acceptors (Lipinski definition) is 2. The van der Waals surface area contributed by atoms with Crippen molar-refractivity contribution in [2.24, 2.45) is 0 Å². The van der Waals surface area contributed by atoms with Gasteiger partial charge in [-0.2, -0.15) is 0 Å². The predicted octanol–water partition coefficient (Wildman–Crippen LogP) is 1.56. The topological polar surface area (TPSA) is 48.0 Å². The SMILES string of the molecule is CC1=c2[nH]ccc2=CC(Nc2cccc(O)c2)C1. The van der Waals surface area contributed by atoms with Crippen molar-refractivity contribution in [1.29, 1.82) is 0 Å². The van der Waals surface area contributed by atoms with Crippen molar-refractivity contribution in [1.82, 2.24) is 4.98 Å². The molecule has 1 aliphatic rings. The lowest BCUT2D eigenvalue weighted by Gasteiger charge is -2.19. The van der Waals surface area contributed by atoms with E-state index >= 15 is 0 Å². The van der Waals surface area contributed by atoms with Crippen LogP contribution in [-0.2, 0) is 0 Å². The van der Waals surface area contributed by atoms with Gasteiger partial charge in [-0.15, -0.1) is 0 Å². The van der Waals surface area contributed by atoms with Gasteiger partial charge in [0, 0.05) is 29.3 Å². The Hall–Kier alpha value is -2.16. The minimum atomic E-state index is 0.273. The monoisotopic (exact) mass is 240 g/mol. The van der Waals surface area contributed by atoms with Crippen LogP contribution in [0.1, 0.15) is 13.3 Å². The molecule has 0 aliphatic heterocycles. The summed E-state index contributed by atoms with van der Waals surface area (Å²) in [6.07, 6.45) is 5.17. The van der Waals surface area contributed by atoms with Crippen molar-refractivity contribution in [3.05, 3.63) is 47.1 Å². The Morgan fingerprint density at radius 1 is 1.33 bits per heavy atom. The van der Waals surface area contributed by atoms with Gasteiger partial charge in [-0.25, -0.2) is 0 Å². The van der Waals surface area contributed by atoms with Crippen LogP contribution in [0.3, 0.4) is 0 Å². The van der Waals surface area contributed by atoms with Crippen LogP contribution in [0.2, 0.25) is 0 Å². The summed E-state index contributed by atoms with van der Waals surface area (Å²) in [5, 5.41) is 15.4. The van der Waals surface area contributed by atoms with E-state index in [9.17, 15) is 5.11 Å². The van der Waals surface area contributed by atoms with Crippen molar-refractivity contribution >= 4 is 17.3 Å². The maximum absolute atomic E-state index is 9.46.